The molecule has 0 bridgehead atoms. The van der Waals surface area contributed by atoms with E-state index in [9.17, 15) is 4.79 Å². The molecule has 0 radical (unpaired) electrons. The Morgan fingerprint density at radius 2 is 2.00 bits per heavy atom. The number of amides is 1. The molecule has 0 heterocycles. The molecule has 0 aliphatic carbocycles. The first-order chi connectivity index (χ1) is 12.0. The summed E-state index contributed by atoms with van der Waals surface area (Å²) in [6.07, 6.45) is 2.53. The van der Waals surface area contributed by atoms with E-state index in [4.69, 9.17) is 27.9 Å². The number of rotatable bonds is 7. The Bertz CT molecular complexity index is 776. The van der Waals surface area contributed by atoms with Crippen LogP contribution in [0.5, 0.6) is 5.75 Å². The van der Waals surface area contributed by atoms with E-state index in [1.807, 2.05) is 32.0 Å². The molecule has 0 spiro atoms. The Morgan fingerprint density at radius 3 is 2.76 bits per heavy atom. The van der Waals surface area contributed by atoms with E-state index < -0.39 is 0 Å². The number of benzene rings is 2. The number of nitrogens with zero attached hydrogens (tertiary/aromatic N) is 1. The SMILES string of the molecule is Cc1ccc(C)c(/C=N\NC(=O)CCCOc2ccc(Cl)cc2Cl)c1. The normalized spacial score (nSPS) is 10.9. The van der Waals surface area contributed by atoms with Crippen LogP contribution in [0.2, 0.25) is 10.0 Å². The quantitative estimate of drug-likeness (QED) is 0.422. The first-order valence-electron chi connectivity index (χ1n) is 7.92. The number of carbonyl (C=O) groups is 1. The van der Waals surface area contributed by atoms with E-state index in [1.165, 1.54) is 0 Å². The molecule has 1 N–H and O–H groups in total. The van der Waals surface area contributed by atoms with Crippen LogP contribution < -0.4 is 10.2 Å². The molecule has 0 aliphatic heterocycles. The summed E-state index contributed by atoms with van der Waals surface area (Å²) in [7, 11) is 0. The van der Waals surface area contributed by atoms with Crippen molar-refractivity contribution in [3.05, 3.63) is 63.1 Å². The molecule has 0 unspecified atom stereocenters. The highest BCUT2D eigenvalue weighted by Crippen LogP contribution is 2.27. The van der Waals surface area contributed by atoms with Gasteiger partial charge in [0, 0.05) is 11.4 Å². The van der Waals surface area contributed by atoms with Gasteiger partial charge in [0.2, 0.25) is 5.91 Å². The second-order valence-corrected chi connectivity index (χ2v) is 6.52. The van der Waals surface area contributed by atoms with Gasteiger partial charge in [-0.05, 0) is 49.6 Å². The minimum Gasteiger partial charge on any atom is -0.492 e. The second-order valence-electron chi connectivity index (χ2n) is 5.68. The zero-order valence-electron chi connectivity index (χ0n) is 14.2. The molecule has 2 aromatic carbocycles. The second kappa shape index (κ2) is 9.44. The number of ether oxygens (including phenoxy) is 1. The van der Waals surface area contributed by atoms with Gasteiger partial charge in [-0.3, -0.25) is 4.79 Å². The van der Waals surface area contributed by atoms with Crippen molar-refractivity contribution in [3.8, 4) is 5.75 Å². The predicted molar refractivity (Wildman–Crippen MR) is 103 cm³/mol. The average molecular weight is 379 g/mol. The molecule has 0 aliphatic rings. The van der Waals surface area contributed by atoms with Gasteiger partial charge >= 0.3 is 0 Å². The zero-order valence-corrected chi connectivity index (χ0v) is 15.7. The number of halogens is 2. The molecule has 4 nitrogen and oxygen atoms in total. The Balaban J connectivity index is 1.72. The van der Waals surface area contributed by atoms with Crippen molar-refractivity contribution in [2.75, 3.05) is 6.61 Å². The number of hydrogen-bond acceptors (Lipinski definition) is 3. The number of aryl methyl sites for hydroxylation is 2. The first kappa shape index (κ1) is 19.3. The molecular weight excluding hydrogens is 359 g/mol. The van der Waals surface area contributed by atoms with E-state index in [0.717, 1.165) is 16.7 Å². The molecule has 0 atom stereocenters. The Morgan fingerprint density at radius 1 is 1.20 bits per heavy atom. The van der Waals surface area contributed by atoms with E-state index in [1.54, 1.807) is 24.4 Å². The first-order valence-corrected chi connectivity index (χ1v) is 8.68. The molecule has 6 heteroatoms. The maximum absolute atomic E-state index is 11.8. The lowest BCUT2D eigenvalue weighted by atomic mass is 10.1. The van der Waals surface area contributed by atoms with Gasteiger partial charge in [-0.2, -0.15) is 5.10 Å². The van der Waals surface area contributed by atoms with Gasteiger partial charge in [0.15, 0.2) is 0 Å². The molecule has 2 rings (SSSR count). The highest BCUT2D eigenvalue weighted by Gasteiger charge is 2.04. The Labute approximate surface area is 157 Å². The summed E-state index contributed by atoms with van der Waals surface area (Å²) >= 11 is 11.8. The standard InChI is InChI=1S/C19H20Cl2N2O2/c1-13-5-6-14(2)15(10-13)12-22-23-19(24)4-3-9-25-18-8-7-16(20)11-17(18)21/h5-8,10-12H,3-4,9H2,1-2H3,(H,23,24)/b22-12-. The predicted octanol–water partition coefficient (Wildman–Crippen LogP) is 4.92. The maximum Gasteiger partial charge on any atom is 0.240 e. The molecule has 0 saturated heterocycles. The van der Waals surface area contributed by atoms with Gasteiger partial charge < -0.3 is 4.74 Å². The summed E-state index contributed by atoms with van der Waals surface area (Å²) in [6.45, 7) is 4.40. The molecule has 2 aromatic rings. The number of nitrogens with one attached hydrogen (secondary N) is 1. The summed E-state index contributed by atoms with van der Waals surface area (Å²) in [5.41, 5.74) is 5.77. The molecule has 0 fully saturated rings. The van der Waals surface area contributed by atoms with E-state index in [0.29, 0.717) is 35.2 Å². The number of carbonyl (C=O) groups excluding carboxylic acids is 1. The highest BCUT2D eigenvalue weighted by molar-refractivity contribution is 6.35. The minimum atomic E-state index is -0.160. The number of hydrazone groups is 1. The van der Waals surface area contributed by atoms with Gasteiger partial charge in [-0.15, -0.1) is 0 Å². The van der Waals surface area contributed by atoms with Gasteiger partial charge in [0.05, 0.1) is 17.8 Å². The van der Waals surface area contributed by atoms with E-state index in [2.05, 4.69) is 10.5 Å². The van der Waals surface area contributed by atoms with Crippen molar-refractivity contribution in [2.24, 2.45) is 5.10 Å². The van der Waals surface area contributed by atoms with Crippen LogP contribution in [0.4, 0.5) is 0 Å². The van der Waals surface area contributed by atoms with Crippen molar-refractivity contribution in [3.63, 3.8) is 0 Å². The third kappa shape index (κ3) is 6.40. The number of hydrogen-bond donors (Lipinski definition) is 1. The van der Waals surface area contributed by atoms with Crippen LogP contribution in [-0.2, 0) is 4.79 Å². The fraction of sp³-hybridized carbons (Fsp3) is 0.263. The van der Waals surface area contributed by atoms with E-state index in [-0.39, 0.29) is 5.91 Å². The summed E-state index contributed by atoms with van der Waals surface area (Å²) in [5.74, 6) is 0.395. The lowest BCUT2D eigenvalue weighted by Crippen LogP contribution is -2.18. The Hall–Kier alpha value is -2.04. The van der Waals surface area contributed by atoms with Crippen LogP contribution in [0.3, 0.4) is 0 Å². The molecule has 132 valence electrons. The minimum absolute atomic E-state index is 0.160. The zero-order chi connectivity index (χ0) is 18.2. The monoisotopic (exact) mass is 378 g/mol. The molecule has 0 aromatic heterocycles. The lowest BCUT2D eigenvalue weighted by Gasteiger charge is -2.07. The topological polar surface area (TPSA) is 50.7 Å². The third-order valence-electron chi connectivity index (χ3n) is 3.53. The van der Waals surface area contributed by atoms with Crippen LogP contribution in [0, 0.1) is 13.8 Å². The van der Waals surface area contributed by atoms with Crippen LogP contribution in [0.25, 0.3) is 0 Å². The van der Waals surface area contributed by atoms with Crippen molar-refractivity contribution in [2.45, 2.75) is 26.7 Å². The lowest BCUT2D eigenvalue weighted by molar-refractivity contribution is -0.121. The maximum atomic E-state index is 11.8. The fourth-order valence-electron chi connectivity index (χ4n) is 2.14. The van der Waals surface area contributed by atoms with Gasteiger partial charge in [-0.1, -0.05) is 47.0 Å². The van der Waals surface area contributed by atoms with E-state index >= 15 is 0 Å². The van der Waals surface area contributed by atoms with Crippen molar-refractivity contribution in [1.82, 2.24) is 5.43 Å². The average Bonchev–Trinajstić information content (AvgIpc) is 2.56. The van der Waals surface area contributed by atoms with Gasteiger partial charge in [0.1, 0.15) is 5.75 Å². The van der Waals surface area contributed by atoms with Crippen LogP contribution in [0.15, 0.2) is 41.5 Å². The van der Waals surface area contributed by atoms with Crippen LogP contribution in [0.1, 0.15) is 29.5 Å². The summed E-state index contributed by atoms with van der Waals surface area (Å²) in [4.78, 5) is 11.8. The summed E-state index contributed by atoms with van der Waals surface area (Å²) in [6, 6.07) is 11.1. The van der Waals surface area contributed by atoms with Gasteiger partial charge in [0.25, 0.3) is 0 Å². The molecule has 25 heavy (non-hydrogen) atoms. The van der Waals surface area contributed by atoms with Crippen molar-refractivity contribution >= 4 is 35.3 Å². The van der Waals surface area contributed by atoms with Crippen molar-refractivity contribution < 1.29 is 9.53 Å². The Kier molecular flexibility index (Phi) is 7.29. The highest BCUT2D eigenvalue weighted by atomic mass is 35.5. The van der Waals surface area contributed by atoms with Gasteiger partial charge in [-0.25, -0.2) is 5.43 Å². The smallest absolute Gasteiger partial charge is 0.240 e. The third-order valence-corrected chi connectivity index (χ3v) is 4.06. The fourth-order valence-corrected chi connectivity index (χ4v) is 2.60. The largest absolute Gasteiger partial charge is 0.492 e. The van der Waals surface area contributed by atoms with Crippen LogP contribution in [-0.4, -0.2) is 18.7 Å². The van der Waals surface area contributed by atoms with Crippen molar-refractivity contribution in [1.29, 1.82) is 0 Å². The molecular formula is C19H20Cl2N2O2. The summed E-state index contributed by atoms with van der Waals surface area (Å²) < 4.78 is 5.54. The molecule has 1 amide bonds. The molecule has 0 saturated carbocycles. The van der Waals surface area contributed by atoms with Crippen LogP contribution >= 0.6 is 23.2 Å². The summed E-state index contributed by atoms with van der Waals surface area (Å²) in [5, 5.41) is 5.01.